The van der Waals surface area contributed by atoms with Gasteiger partial charge >= 0.3 is 11.9 Å². The lowest BCUT2D eigenvalue weighted by molar-refractivity contribution is -0.223. The Morgan fingerprint density at radius 3 is 2.61 bits per heavy atom. The second kappa shape index (κ2) is 16.6. The van der Waals surface area contributed by atoms with E-state index >= 15 is 0 Å². The van der Waals surface area contributed by atoms with Crippen LogP contribution in [-0.2, 0) is 20.9 Å². The summed E-state index contributed by atoms with van der Waals surface area (Å²) < 4.78 is 26.7. The minimum absolute atomic E-state index is 0.0647. The molecule has 256 valence electrons. The first kappa shape index (κ1) is 35.7. The van der Waals surface area contributed by atoms with Crippen molar-refractivity contribution in [3.63, 3.8) is 0 Å². The molecule has 0 spiro atoms. The minimum Gasteiger partial charge on any atom is -0.492 e. The Balaban J connectivity index is 1.43. The number of aromatic nitrogens is 1. The van der Waals surface area contributed by atoms with Gasteiger partial charge in [-0.15, -0.1) is 11.6 Å². The molecule has 0 aliphatic carbocycles. The highest BCUT2D eigenvalue weighted by Gasteiger charge is 2.47. The third kappa shape index (κ3) is 9.22. The monoisotopic (exact) mass is 669 g/mol. The maximum Gasteiger partial charge on any atom is 0.519 e. The van der Waals surface area contributed by atoms with Gasteiger partial charge in [-0.3, -0.25) is 14.7 Å². The summed E-state index contributed by atoms with van der Waals surface area (Å²) in [5.41, 5.74) is 0. The predicted molar refractivity (Wildman–Crippen MR) is 163 cm³/mol. The van der Waals surface area contributed by atoms with Gasteiger partial charge in [0.05, 0.1) is 30.3 Å². The number of aryl methyl sites for hydroxylation is 1. The van der Waals surface area contributed by atoms with Crippen LogP contribution in [0.5, 0.6) is 5.75 Å². The van der Waals surface area contributed by atoms with Crippen LogP contribution in [0.3, 0.4) is 0 Å². The molecule has 4 rings (SSSR count). The normalized spacial score (nSPS) is 28.2. The third-order valence-corrected chi connectivity index (χ3v) is 8.93. The van der Waals surface area contributed by atoms with Crippen LogP contribution in [0.15, 0.2) is 38.2 Å². The second-order valence-electron chi connectivity index (χ2n) is 12.0. The number of pyridine rings is 1. The van der Waals surface area contributed by atoms with Crippen molar-refractivity contribution < 1.29 is 48.0 Å². The summed E-state index contributed by atoms with van der Waals surface area (Å²) >= 11 is 6.45. The minimum atomic E-state index is -1.52. The molecule has 2 aromatic rings. The molecule has 0 aromatic carbocycles. The number of halogens is 1. The molecule has 9 atom stereocenters. The fourth-order valence-corrected chi connectivity index (χ4v) is 6.13. The van der Waals surface area contributed by atoms with E-state index in [1.54, 1.807) is 26.2 Å². The Morgan fingerprint density at radius 1 is 1.15 bits per heavy atom. The molecule has 4 heterocycles. The van der Waals surface area contributed by atoms with Gasteiger partial charge in [-0.1, -0.05) is 6.42 Å². The van der Waals surface area contributed by atoms with Crippen LogP contribution >= 0.6 is 11.6 Å². The molecule has 2 aromatic heterocycles. The number of hydrogen-bond donors (Lipinski definition) is 4. The number of carbonyl (C=O) groups excluding carboxylic acids is 2. The van der Waals surface area contributed by atoms with E-state index in [0.717, 1.165) is 19.3 Å². The van der Waals surface area contributed by atoms with Crippen LogP contribution < -0.4 is 15.9 Å². The Labute approximate surface area is 272 Å². The van der Waals surface area contributed by atoms with Crippen LogP contribution in [0.2, 0.25) is 0 Å². The summed E-state index contributed by atoms with van der Waals surface area (Å²) in [5, 5.41) is 33.3. The van der Waals surface area contributed by atoms with E-state index in [1.165, 1.54) is 11.8 Å². The van der Waals surface area contributed by atoms with Crippen molar-refractivity contribution in [2.24, 2.45) is 5.92 Å². The number of aliphatic hydroxyl groups is 3. The first-order valence-corrected chi connectivity index (χ1v) is 16.1. The van der Waals surface area contributed by atoms with Gasteiger partial charge in [-0.2, -0.15) is 0 Å². The summed E-state index contributed by atoms with van der Waals surface area (Å²) in [6.45, 7) is 5.08. The maximum absolute atomic E-state index is 13.9. The van der Waals surface area contributed by atoms with Crippen LogP contribution in [0, 0.1) is 12.8 Å². The molecule has 2 amide bonds. The molecule has 2 fully saturated rings. The number of alkyl halides is 1. The summed E-state index contributed by atoms with van der Waals surface area (Å²) in [7, 11) is 0. The summed E-state index contributed by atoms with van der Waals surface area (Å²) in [6.07, 6.45) is 0.478. The highest BCUT2D eigenvalue weighted by molar-refractivity contribution is 6.21. The number of unbranched alkanes of at least 4 members (excludes halogenated alkanes) is 1. The first-order chi connectivity index (χ1) is 22.0. The number of ether oxygens (including phenoxy) is 3. The van der Waals surface area contributed by atoms with Crippen molar-refractivity contribution in [1.29, 1.82) is 0 Å². The molecule has 14 nitrogen and oxygen atoms in total. The molecule has 2 aliphatic rings. The van der Waals surface area contributed by atoms with Gasteiger partial charge in [-0.05, 0) is 70.9 Å². The molecule has 0 radical (unpaired) electrons. The molecule has 2 saturated heterocycles. The number of nitrogens with one attached hydrogen (secondary N) is 1. The lowest BCUT2D eigenvalue weighted by atomic mass is 9.90. The molecule has 46 heavy (non-hydrogen) atoms. The highest BCUT2D eigenvalue weighted by atomic mass is 35.5. The van der Waals surface area contributed by atoms with Gasteiger partial charge in [0, 0.05) is 12.7 Å². The van der Waals surface area contributed by atoms with Gasteiger partial charge in [0.1, 0.15) is 36.2 Å². The van der Waals surface area contributed by atoms with Crippen molar-refractivity contribution >= 4 is 23.6 Å². The average Bonchev–Trinajstić information content (AvgIpc) is 3.21. The SMILES string of the molecule is Cc1oc(=O)oc1COC(=O)N1CC[C@@H](CCCCOc2cccnc2)CC[C@H]1C(=O)N[C@@H]([C@H]1O[C@H](C)[C@H](O)[C@@H](O)[C@H]1O)[C@H](C)Cl. The largest absolute Gasteiger partial charge is 0.519 e. The van der Waals surface area contributed by atoms with E-state index in [9.17, 15) is 29.7 Å². The number of amides is 2. The molecular formula is C31H44ClN3O11. The molecule has 15 heteroatoms. The lowest BCUT2D eigenvalue weighted by Gasteiger charge is -2.43. The van der Waals surface area contributed by atoms with E-state index < -0.39 is 65.8 Å². The van der Waals surface area contributed by atoms with Gasteiger partial charge in [0.15, 0.2) is 18.1 Å². The van der Waals surface area contributed by atoms with E-state index in [-0.39, 0.29) is 30.6 Å². The summed E-state index contributed by atoms with van der Waals surface area (Å²) in [5.74, 6) is -0.262. The Morgan fingerprint density at radius 2 is 1.93 bits per heavy atom. The zero-order valence-electron chi connectivity index (χ0n) is 26.2. The Hall–Kier alpha value is -3.17. The highest BCUT2D eigenvalue weighted by Crippen LogP contribution is 2.29. The maximum atomic E-state index is 13.9. The molecule has 0 saturated carbocycles. The van der Waals surface area contributed by atoms with Crippen LogP contribution in [0.1, 0.15) is 63.9 Å². The van der Waals surface area contributed by atoms with E-state index in [0.29, 0.717) is 31.6 Å². The van der Waals surface area contributed by atoms with Crippen molar-refractivity contribution in [3.05, 3.63) is 46.7 Å². The fourth-order valence-electron chi connectivity index (χ4n) is 5.92. The third-order valence-electron chi connectivity index (χ3n) is 8.66. The Bertz CT molecular complexity index is 1320. The van der Waals surface area contributed by atoms with E-state index in [2.05, 4.69) is 10.3 Å². The zero-order valence-corrected chi connectivity index (χ0v) is 27.0. The molecule has 2 aliphatic heterocycles. The quantitative estimate of drug-likeness (QED) is 0.191. The average molecular weight is 670 g/mol. The number of hydrogen-bond acceptors (Lipinski definition) is 12. The molecule has 0 bridgehead atoms. The summed E-state index contributed by atoms with van der Waals surface area (Å²) in [6, 6.07) is 1.75. The first-order valence-electron chi connectivity index (χ1n) is 15.7. The lowest BCUT2D eigenvalue weighted by Crippen LogP contribution is -2.65. The van der Waals surface area contributed by atoms with Gasteiger partial charge in [0.25, 0.3) is 0 Å². The Kier molecular flexibility index (Phi) is 12.9. The molecule has 4 N–H and O–H groups in total. The van der Waals surface area contributed by atoms with Crippen molar-refractivity contribution in [2.75, 3.05) is 13.2 Å². The number of nitrogens with zero attached hydrogens (tertiary/aromatic N) is 2. The van der Waals surface area contributed by atoms with Gasteiger partial charge < -0.3 is 43.7 Å². The van der Waals surface area contributed by atoms with Crippen molar-refractivity contribution in [1.82, 2.24) is 15.2 Å². The summed E-state index contributed by atoms with van der Waals surface area (Å²) in [4.78, 5) is 44.1. The van der Waals surface area contributed by atoms with Crippen molar-refractivity contribution in [2.45, 2.75) is 114 Å². The number of aliphatic hydroxyl groups excluding tert-OH is 3. The predicted octanol–water partition coefficient (Wildman–Crippen LogP) is 2.27. The number of likely N-dealkylation sites (tertiary alicyclic amines) is 1. The van der Waals surface area contributed by atoms with Crippen LogP contribution in [-0.4, -0.2) is 98.3 Å². The number of rotatable bonds is 12. The second-order valence-corrected chi connectivity index (χ2v) is 12.6. The van der Waals surface area contributed by atoms with E-state index in [1.807, 2.05) is 12.1 Å². The smallest absolute Gasteiger partial charge is 0.492 e. The fraction of sp³-hybridized carbons (Fsp3) is 0.677. The number of carbonyl (C=O) groups is 2. The van der Waals surface area contributed by atoms with E-state index in [4.69, 9.17) is 34.6 Å². The van der Waals surface area contributed by atoms with Crippen LogP contribution in [0.4, 0.5) is 4.79 Å². The molecular weight excluding hydrogens is 626 g/mol. The van der Waals surface area contributed by atoms with Crippen LogP contribution in [0.25, 0.3) is 0 Å². The standard InChI is InChI=1S/C31H44ClN3O11/c1-17(32)24(28-27(38)26(37)25(36)19(3)44-28)34-29(39)22-10-9-20(7-4-5-14-42-21-8-6-12-33-15-21)11-13-35(22)30(40)43-16-23-18(2)45-31(41)46-23/h6,8,12,15,17,19-20,22,24-28,36-38H,4-5,7,9-11,13-14,16H2,1-3H3,(H,34,39)/t17-,19+,20-,22-,24+,25-,26+,27+,28+/m0/s1. The van der Waals surface area contributed by atoms with Gasteiger partial charge in [0.2, 0.25) is 5.91 Å². The zero-order chi connectivity index (χ0) is 33.4. The van der Waals surface area contributed by atoms with Gasteiger partial charge in [-0.25, -0.2) is 9.59 Å². The topological polar surface area (TPSA) is 194 Å². The van der Waals surface area contributed by atoms with Crippen molar-refractivity contribution in [3.8, 4) is 5.75 Å². The molecule has 0 unspecified atom stereocenters.